The smallest absolute Gasteiger partial charge is 0.305 e. The van der Waals surface area contributed by atoms with Gasteiger partial charge in [-0.15, -0.1) is 4.57 Å². The molecule has 5 heteroatoms. The molecule has 0 saturated heterocycles. The Morgan fingerprint density at radius 3 is 2.42 bits per heavy atom. The molecule has 0 bridgehead atoms. The number of nitrogens with zero attached hydrogens (tertiary/aromatic N) is 2. The number of thioether (sulfide) groups is 1. The standard InChI is InChI=1S/C28H38N2O2S/c1-5-32-28(31)18-13-20-30(3,4)19-11-12-21-33-27-22-23(2)25-16-9-10-17-26(25)29(27)24-14-7-6-8-15-24/h6-10,14-17,22H,5,11-13,18-21H2,1-4H3/q+2. The fourth-order valence-electron chi connectivity index (χ4n) is 4.21. The van der Waals surface area contributed by atoms with E-state index in [4.69, 9.17) is 4.74 Å². The number of fused-ring (bicyclic) bond motifs is 1. The van der Waals surface area contributed by atoms with E-state index in [1.54, 1.807) is 0 Å². The Hall–Kier alpha value is -2.37. The van der Waals surface area contributed by atoms with Crippen molar-refractivity contribution < 1.29 is 18.6 Å². The van der Waals surface area contributed by atoms with Crippen LogP contribution in [0.1, 0.15) is 38.2 Å². The van der Waals surface area contributed by atoms with E-state index in [-0.39, 0.29) is 5.97 Å². The second-order valence-corrected chi connectivity index (χ2v) is 10.3. The molecule has 3 aromatic rings. The van der Waals surface area contributed by atoms with E-state index in [0.717, 1.165) is 29.7 Å². The molecule has 1 heterocycles. The van der Waals surface area contributed by atoms with Gasteiger partial charge in [-0.2, -0.15) is 0 Å². The van der Waals surface area contributed by atoms with Gasteiger partial charge in [0.1, 0.15) is 0 Å². The molecule has 0 amide bonds. The van der Waals surface area contributed by atoms with Crippen LogP contribution in [-0.4, -0.2) is 50.0 Å². The third-order valence-corrected chi connectivity index (χ3v) is 7.09. The zero-order valence-electron chi connectivity index (χ0n) is 20.5. The minimum absolute atomic E-state index is 0.0775. The van der Waals surface area contributed by atoms with E-state index in [1.807, 2.05) is 18.7 Å². The minimum atomic E-state index is -0.0775. The molecule has 0 radical (unpaired) electrons. The molecular formula is C28H38N2O2S+2. The van der Waals surface area contributed by atoms with Gasteiger partial charge in [0, 0.05) is 41.8 Å². The molecule has 0 spiro atoms. The molecule has 176 valence electrons. The molecule has 4 nitrogen and oxygen atoms in total. The van der Waals surface area contributed by atoms with Crippen molar-refractivity contribution >= 4 is 28.6 Å². The van der Waals surface area contributed by atoms with Gasteiger partial charge in [-0.25, -0.2) is 0 Å². The lowest BCUT2D eigenvalue weighted by molar-refractivity contribution is -0.890. The van der Waals surface area contributed by atoms with Crippen molar-refractivity contribution in [1.29, 1.82) is 0 Å². The lowest BCUT2D eigenvalue weighted by atomic mass is 10.1. The molecule has 0 aliphatic heterocycles. The van der Waals surface area contributed by atoms with Crippen LogP contribution in [0.5, 0.6) is 0 Å². The van der Waals surface area contributed by atoms with Gasteiger partial charge in [0.15, 0.2) is 0 Å². The molecule has 1 aromatic heterocycles. The second kappa shape index (κ2) is 12.2. The number of pyridine rings is 1. The summed E-state index contributed by atoms with van der Waals surface area (Å²) in [6.07, 6.45) is 3.75. The van der Waals surface area contributed by atoms with Crippen molar-refractivity contribution in [3.8, 4) is 5.69 Å². The van der Waals surface area contributed by atoms with Crippen LogP contribution in [0.3, 0.4) is 0 Å². The fraction of sp³-hybridized carbons (Fsp3) is 0.429. The number of hydrogen-bond donors (Lipinski definition) is 0. The maximum Gasteiger partial charge on any atom is 0.305 e. The first-order valence-corrected chi connectivity index (χ1v) is 13.0. The zero-order valence-corrected chi connectivity index (χ0v) is 21.4. The number of aryl methyl sites for hydroxylation is 1. The Labute approximate surface area is 203 Å². The zero-order chi connectivity index (χ0) is 23.7. The van der Waals surface area contributed by atoms with E-state index >= 15 is 0 Å². The monoisotopic (exact) mass is 466 g/mol. The van der Waals surface area contributed by atoms with Gasteiger partial charge in [-0.3, -0.25) is 4.79 Å². The summed E-state index contributed by atoms with van der Waals surface area (Å²) in [5, 5.41) is 2.59. The second-order valence-electron chi connectivity index (χ2n) is 9.20. The summed E-state index contributed by atoms with van der Waals surface area (Å²) in [7, 11) is 4.52. The van der Waals surface area contributed by atoms with E-state index in [2.05, 4.69) is 86.2 Å². The van der Waals surface area contributed by atoms with Gasteiger partial charge < -0.3 is 9.22 Å². The number of unbranched alkanes of at least 4 members (excludes halogenated alkanes) is 1. The largest absolute Gasteiger partial charge is 0.466 e. The maximum atomic E-state index is 11.6. The third kappa shape index (κ3) is 7.31. The molecule has 0 aliphatic rings. The van der Waals surface area contributed by atoms with Crippen molar-refractivity contribution in [2.24, 2.45) is 0 Å². The SMILES string of the molecule is CCOC(=O)CCC[N+](C)(C)CCCCSc1cc(C)c2ccccc2[n+]1-c1ccccc1. The van der Waals surface area contributed by atoms with Gasteiger partial charge in [-0.05, 0) is 38.3 Å². The molecule has 0 saturated carbocycles. The average Bonchev–Trinajstić information content (AvgIpc) is 2.79. The third-order valence-electron chi connectivity index (χ3n) is 6.00. The maximum absolute atomic E-state index is 11.6. The molecule has 0 unspecified atom stereocenters. The van der Waals surface area contributed by atoms with Gasteiger partial charge in [0.05, 0.1) is 40.2 Å². The lowest BCUT2D eigenvalue weighted by Gasteiger charge is -2.29. The van der Waals surface area contributed by atoms with Gasteiger partial charge in [-0.1, -0.05) is 42.1 Å². The summed E-state index contributed by atoms with van der Waals surface area (Å²) in [6.45, 7) is 6.66. The molecule has 0 fully saturated rings. The number of esters is 1. The quantitative estimate of drug-likeness (QED) is 0.112. The predicted octanol–water partition coefficient (Wildman–Crippen LogP) is 5.72. The van der Waals surface area contributed by atoms with Crippen molar-refractivity contribution in [2.45, 2.75) is 44.6 Å². The summed E-state index contributed by atoms with van der Waals surface area (Å²) in [4.78, 5) is 11.6. The van der Waals surface area contributed by atoms with Gasteiger partial charge in [0.2, 0.25) is 16.2 Å². The van der Waals surface area contributed by atoms with E-state index < -0.39 is 0 Å². The summed E-state index contributed by atoms with van der Waals surface area (Å²) >= 11 is 1.94. The van der Waals surface area contributed by atoms with Crippen LogP contribution in [-0.2, 0) is 9.53 Å². The molecule has 0 aliphatic carbocycles. The summed E-state index contributed by atoms with van der Waals surface area (Å²) in [5.74, 6) is 1.01. The Morgan fingerprint density at radius 2 is 1.67 bits per heavy atom. The number of carbonyl (C=O) groups is 1. The number of quaternary nitrogens is 1. The number of benzene rings is 2. The Balaban J connectivity index is 1.59. The van der Waals surface area contributed by atoms with E-state index in [0.29, 0.717) is 13.0 Å². The van der Waals surface area contributed by atoms with Crippen LogP contribution in [0.15, 0.2) is 65.7 Å². The van der Waals surface area contributed by atoms with Gasteiger partial charge >= 0.3 is 5.97 Å². The van der Waals surface area contributed by atoms with Gasteiger partial charge in [0.25, 0.3) is 0 Å². The Kier molecular flexibility index (Phi) is 9.33. The summed E-state index contributed by atoms with van der Waals surface area (Å²) in [6, 6.07) is 21.6. The van der Waals surface area contributed by atoms with Crippen LogP contribution in [0.4, 0.5) is 0 Å². The first kappa shape index (κ1) is 25.3. The van der Waals surface area contributed by atoms with Crippen molar-refractivity contribution in [2.75, 3.05) is 39.5 Å². The van der Waals surface area contributed by atoms with E-state index in [1.165, 1.54) is 40.0 Å². The van der Waals surface area contributed by atoms with Crippen LogP contribution in [0, 0.1) is 6.92 Å². The van der Waals surface area contributed by atoms with Crippen molar-refractivity contribution in [3.05, 3.63) is 66.2 Å². The number of ether oxygens (including phenoxy) is 1. The molecular weight excluding hydrogens is 428 g/mol. The van der Waals surface area contributed by atoms with Crippen LogP contribution in [0.2, 0.25) is 0 Å². The normalized spacial score (nSPS) is 11.6. The first-order chi connectivity index (χ1) is 15.9. The Bertz CT molecular complexity index is 1050. The lowest BCUT2D eigenvalue weighted by Crippen LogP contribution is -2.41. The Morgan fingerprint density at radius 1 is 0.970 bits per heavy atom. The van der Waals surface area contributed by atoms with Crippen LogP contribution >= 0.6 is 11.8 Å². The van der Waals surface area contributed by atoms with Crippen LogP contribution in [0.25, 0.3) is 16.6 Å². The topological polar surface area (TPSA) is 30.2 Å². The molecule has 0 N–H and O–H groups in total. The van der Waals surface area contributed by atoms with Crippen molar-refractivity contribution in [3.63, 3.8) is 0 Å². The molecule has 2 aromatic carbocycles. The highest BCUT2D eigenvalue weighted by Crippen LogP contribution is 2.25. The fourth-order valence-corrected chi connectivity index (χ4v) is 5.36. The van der Waals surface area contributed by atoms with E-state index in [9.17, 15) is 4.79 Å². The molecule has 3 rings (SSSR count). The summed E-state index contributed by atoms with van der Waals surface area (Å²) in [5.41, 5.74) is 3.78. The highest BCUT2D eigenvalue weighted by atomic mass is 32.2. The average molecular weight is 467 g/mol. The first-order valence-electron chi connectivity index (χ1n) is 12.0. The number of carbonyl (C=O) groups excluding carboxylic acids is 1. The number of hydrogen-bond acceptors (Lipinski definition) is 3. The van der Waals surface area contributed by atoms with Crippen LogP contribution < -0.4 is 4.57 Å². The predicted molar refractivity (Wildman–Crippen MR) is 138 cm³/mol. The van der Waals surface area contributed by atoms with Crippen molar-refractivity contribution in [1.82, 2.24) is 0 Å². The molecule has 33 heavy (non-hydrogen) atoms. The number of para-hydroxylation sites is 2. The number of aromatic nitrogens is 1. The minimum Gasteiger partial charge on any atom is -0.466 e. The highest BCUT2D eigenvalue weighted by Gasteiger charge is 2.21. The highest BCUT2D eigenvalue weighted by molar-refractivity contribution is 7.99. The summed E-state index contributed by atoms with van der Waals surface area (Å²) < 4.78 is 8.38. The number of rotatable bonds is 12. The molecule has 0 atom stereocenters.